The van der Waals surface area contributed by atoms with Crippen molar-refractivity contribution in [2.45, 2.75) is 13.8 Å². The molecule has 0 nitrogen and oxygen atoms in total. The van der Waals surface area contributed by atoms with Gasteiger partial charge in [-0.05, 0) is 42.2 Å². The molecule has 0 amide bonds. The predicted octanol–water partition coefficient (Wildman–Crippen LogP) is 3.77. The van der Waals surface area contributed by atoms with Gasteiger partial charge in [-0.2, -0.15) is 0 Å². The molecule has 2 rings (SSSR count). The van der Waals surface area contributed by atoms with E-state index in [1.54, 1.807) is 0 Å². The molecule has 2 aromatic rings. The largest absolute Gasteiger partial charge is 0.0620 e. The monoisotopic (exact) mass is 181 g/mol. The van der Waals surface area contributed by atoms with Crippen LogP contribution in [0.5, 0.6) is 0 Å². The van der Waals surface area contributed by atoms with Gasteiger partial charge >= 0.3 is 0 Å². The van der Waals surface area contributed by atoms with Crippen LogP contribution in [-0.4, -0.2) is 0 Å². The Morgan fingerprint density at radius 1 is 1.00 bits per heavy atom. The van der Waals surface area contributed by atoms with E-state index < -0.39 is 0 Å². The van der Waals surface area contributed by atoms with Crippen molar-refractivity contribution < 1.29 is 0 Å². The first-order valence-electron chi connectivity index (χ1n) is 4.82. The van der Waals surface area contributed by atoms with Gasteiger partial charge in [0, 0.05) is 0 Å². The highest BCUT2D eigenvalue weighted by molar-refractivity contribution is 5.67. The highest BCUT2D eigenvalue weighted by Gasteiger charge is 1.99. The summed E-state index contributed by atoms with van der Waals surface area (Å²) in [4.78, 5) is 0. The molecule has 0 fully saturated rings. The maximum absolute atomic E-state index is 3.16. The fourth-order valence-corrected chi connectivity index (χ4v) is 1.65. The Bertz CT molecular complexity index is 441. The molecular weight excluding hydrogens is 168 g/mol. The number of hydrogen-bond donors (Lipinski definition) is 0. The van der Waals surface area contributed by atoms with Gasteiger partial charge in [0.1, 0.15) is 0 Å². The normalized spacial score (nSPS) is 10.1. The van der Waals surface area contributed by atoms with E-state index in [4.69, 9.17) is 0 Å². The summed E-state index contributed by atoms with van der Waals surface area (Å²) in [6, 6.07) is 17.9. The average Bonchev–Trinajstić information content (AvgIpc) is 2.18. The third-order valence-corrected chi connectivity index (χ3v) is 2.40. The van der Waals surface area contributed by atoms with Gasteiger partial charge < -0.3 is 0 Å². The van der Waals surface area contributed by atoms with E-state index in [-0.39, 0.29) is 0 Å². The summed E-state index contributed by atoms with van der Waals surface area (Å²) in [6.07, 6.45) is 0. The number of benzene rings is 2. The van der Waals surface area contributed by atoms with E-state index in [1.165, 1.54) is 22.3 Å². The van der Waals surface area contributed by atoms with Gasteiger partial charge in [0.2, 0.25) is 0 Å². The Morgan fingerprint density at radius 3 is 2.50 bits per heavy atom. The molecule has 14 heavy (non-hydrogen) atoms. The number of hydrogen-bond acceptors (Lipinski definition) is 0. The first kappa shape index (κ1) is 9.01. The Balaban J connectivity index is 2.55. The van der Waals surface area contributed by atoms with Gasteiger partial charge in [-0.3, -0.25) is 0 Å². The van der Waals surface area contributed by atoms with Gasteiger partial charge in [-0.25, -0.2) is 0 Å². The Morgan fingerprint density at radius 2 is 1.79 bits per heavy atom. The summed E-state index contributed by atoms with van der Waals surface area (Å²) in [5.41, 5.74) is 5.09. The smallest absolute Gasteiger partial charge is 0.0152 e. The van der Waals surface area contributed by atoms with Crippen molar-refractivity contribution in [3.8, 4) is 11.1 Å². The van der Waals surface area contributed by atoms with E-state index in [2.05, 4.69) is 56.3 Å². The molecule has 0 heteroatoms. The number of aryl methyl sites for hydroxylation is 2. The highest BCUT2D eigenvalue weighted by atomic mass is 14.0. The third kappa shape index (κ3) is 1.69. The molecule has 0 unspecified atom stereocenters. The topological polar surface area (TPSA) is 0 Å². The van der Waals surface area contributed by atoms with E-state index in [1.807, 2.05) is 6.07 Å². The lowest BCUT2D eigenvalue weighted by Gasteiger charge is -2.05. The van der Waals surface area contributed by atoms with E-state index >= 15 is 0 Å². The summed E-state index contributed by atoms with van der Waals surface area (Å²) in [5.74, 6) is 0. The lowest BCUT2D eigenvalue weighted by atomic mass is 9.99. The Labute approximate surface area is 85.2 Å². The molecule has 0 bridgehead atoms. The second-order valence-electron chi connectivity index (χ2n) is 3.58. The van der Waals surface area contributed by atoms with Crippen LogP contribution in [0.3, 0.4) is 0 Å². The van der Waals surface area contributed by atoms with E-state index in [9.17, 15) is 0 Å². The van der Waals surface area contributed by atoms with Crippen molar-refractivity contribution in [1.29, 1.82) is 0 Å². The molecule has 0 spiro atoms. The van der Waals surface area contributed by atoms with Crippen molar-refractivity contribution in [3.63, 3.8) is 0 Å². The first-order valence-corrected chi connectivity index (χ1v) is 4.82. The average molecular weight is 181 g/mol. The van der Waals surface area contributed by atoms with Crippen LogP contribution in [0.1, 0.15) is 11.1 Å². The van der Waals surface area contributed by atoms with Gasteiger partial charge in [0.15, 0.2) is 0 Å². The van der Waals surface area contributed by atoms with Crippen LogP contribution in [0.4, 0.5) is 0 Å². The standard InChI is InChI=1S/C14H13/c1-11-6-5-8-13(10-11)14-9-4-3-7-12(14)2/h3-5,7-10H,1-2H3. The highest BCUT2D eigenvalue weighted by Crippen LogP contribution is 2.23. The van der Waals surface area contributed by atoms with E-state index in [0.717, 1.165) is 0 Å². The quantitative estimate of drug-likeness (QED) is 0.628. The Hall–Kier alpha value is -1.56. The second kappa shape index (κ2) is 3.67. The van der Waals surface area contributed by atoms with Gasteiger partial charge in [0.25, 0.3) is 0 Å². The fraction of sp³-hybridized carbons (Fsp3) is 0.143. The molecule has 0 saturated heterocycles. The maximum Gasteiger partial charge on any atom is -0.0152 e. The molecule has 2 aromatic carbocycles. The minimum atomic E-state index is 1.19. The van der Waals surface area contributed by atoms with Crippen LogP contribution < -0.4 is 0 Å². The van der Waals surface area contributed by atoms with Crippen LogP contribution in [0.2, 0.25) is 0 Å². The Kier molecular flexibility index (Phi) is 2.36. The minimum Gasteiger partial charge on any atom is -0.0620 e. The predicted molar refractivity (Wildman–Crippen MR) is 60.2 cm³/mol. The van der Waals surface area contributed by atoms with E-state index in [0.29, 0.717) is 0 Å². The van der Waals surface area contributed by atoms with Gasteiger partial charge in [-0.15, -0.1) is 0 Å². The minimum absolute atomic E-state index is 1.19. The van der Waals surface area contributed by atoms with Crippen molar-refractivity contribution in [2.75, 3.05) is 0 Å². The zero-order valence-corrected chi connectivity index (χ0v) is 8.54. The van der Waals surface area contributed by atoms with Crippen LogP contribution >= 0.6 is 0 Å². The summed E-state index contributed by atoms with van der Waals surface area (Å²) < 4.78 is 0. The van der Waals surface area contributed by atoms with Gasteiger partial charge in [-0.1, -0.05) is 42.5 Å². The first-order chi connectivity index (χ1) is 6.77. The zero-order valence-electron chi connectivity index (χ0n) is 8.54. The summed E-state index contributed by atoms with van der Waals surface area (Å²) in [5, 5.41) is 0. The van der Waals surface area contributed by atoms with Crippen molar-refractivity contribution in [1.82, 2.24) is 0 Å². The molecule has 0 aliphatic heterocycles. The lowest BCUT2D eigenvalue weighted by Crippen LogP contribution is -1.83. The molecule has 69 valence electrons. The SMILES string of the molecule is Cc1[c]ccc(-c2ccccc2C)c1. The molecule has 0 atom stereocenters. The summed E-state index contributed by atoms with van der Waals surface area (Å²) in [7, 11) is 0. The third-order valence-electron chi connectivity index (χ3n) is 2.40. The lowest BCUT2D eigenvalue weighted by molar-refractivity contribution is 1.42. The molecule has 0 saturated carbocycles. The maximum atomic E-state index is 3.16. The molecule has 0 heterocycles. The fourth-order valence-electron chi connectivity index (χ4n) is 1.65. The van der Waals surface area contributed by atoms with Crippen molar-refractivity contribution in [2.24, 2.45) is 0 Å². The number of rotatable bonds is 1. The van der Waals surface area contributed by atoms with Crippen molar-refractivity contribution in [3.05, 3.63) is 59.7 Å². The molecule has 0 aliphatic carbocycles. The molecular formula is C14H13. The summed E-state index contributed by atoms with van der Waals surface area (Å²) in [6.45, 7) is 4.21. The van der Waals surface area contributed by atoms with Crippen LogP contribution in [-0.2, 0) is 0 Å². The summed E-state index contributed by atoms with van der Waals surface area (Å²) >= 11 is 0. The zero-order chi connectivity index (χ0) is 9.97. The molecule has 1 radical (unpaired) electrons. The van der Waals surface area contributed by atoms with Crippen LogP contribution in [0, 0.1) is 19.9 Å². The van der Waals surface area contributed by atoms with Crippen LogP contribution in [0.15, 0.2) is 42.5 Å². The molecule has 0 aliphatic rings. The second-order valence-corrected chi connectivity index (χ2v) is 3.58. The molecule has 0 aromatic heterocycles. The molecule has 0 N–H and O–H groups in total. The van der Waals surface area contributed by atoms with Crippen molar-refractivity contribution >= 4 is 0 Å². The van der Waals surface area contributed by atoms with Crippen LogP contribution in [0.25, 0.3) is 11.1 Å². The van der Waals surface area contributed by atoms with Gasteiger partial charge in [0.05, 0.1) is 0 Å².